The number of benzene rings is 1. The Labute approximate surface area is 102 Å². The van der Waals surface area contributed by atoms with Gasteiger partial charge in [0.2, 0.25) is 0 Å². The molecule has 90 valence electrons. The number of carboxylic acid groups (broad SMARTS) is 1. The van der Waals surface area contributed by atoms with E-state index in [1.807, 2.05) is 6.92 Å². The standard InChI is InChI=1S/C15H18O2/c1-10-4-5-13-12(8-10)11(9-14(16)17)6-7-15(13,2)3/h4-5,8-9H,6-7H2,1-3H3,(H,16,17)/b11-9+. The minimum Gasteiger partial charge on any atom is -0.478 e. The molecule has 1 aromatic rings. The first kappa shape index (κ1) is 11.9. The van der Waals surface area contributed by atoms with Crippen LogP contribution in [0.1, 0.15) is 43.4 Å². The average molecular weight is 230 g/mol. The topological polar surface area (TPSA) is 37.3 Å². The summed E-state index contributed by atoms with van der Waals surface area (Å²) in [6.45, 7) is 6.48. The molecule has 0 heterocycles. The van der Waals surface area contributed by atoms with E-state index in [0.29, 0.717) is 0 Å². The van der Waals surface area contributed by atoms with Gasteiger partial charge in [-0.2, -0.15) is 0 Å². The van der Waals surface area contributed by atoms with Gasteiger partial charge in [-0.15, -0.1) is 0 Å². The van der Waals surface area contributed by atoms with Crippen LogP contribution in [0.4, 0.5) is 0 Å². The van der Waals surface area contributed by atoms with Crippen molar-refractivity contribution in [3.05, 3.63) is 41.0 Å². The van der Waals surface area contributed by atoms with Crippen LogP contribution in [-0.2, 0) is 10.2 Å². The van der Waals surface area contributed by atoms with Crippen molar-refractivity contribution < 1.29 is 9.90 Å². The number of aliphatic carboxylic acids is 1. The van der Waals surface area contributed by atoms with Crippen molar-refractivity contribution in [3.63, 3.8) is 0 Å². The Hall–Kier alpha value is -1.57. The summed E-state index contributed by atoms with van der Waals surface area (Å²) in [5.41, 5.74) is 4.65. The van der Waals surface area contributed by atoms with Crippen molar-refractivity contribution in [2.45, 2.75) is 39.0 Å². The maximum atomic E-state index is 10.8. The van der Waals surface area contributed by atoms with Gasteiger partial charge in [0.15, 0.2) is 0 Å². The van der Waals surface area contributed by atoms with Crippen LogP contribution >= 0.6 is 0 Å². The van der Waals surface area contributed by atoms with Gasteiger partial charge in [0.25, 0.3) is 0 Å². The van der Waals surface area contributed by atoms with E-state index in [0.717, 1.165) is 24.0 Å². The number of hydrogen-bond donors (Lipinski definition) is 1. The highest BCUT2D eigenvalue weighted by atomic mass is 16.4. The van der Waals surface area contributed by atoms with Crippen molar-refractivity contribution in [2.24, 2.45) is 0 Å². The molecule has 0 saturated carbocycles. The zero-order chi connectivity index (χ0) is 12.6. The second kappa shape index (κ2) is 4.02. The molecule has 1 aliphatic rings. The molecule has 0 atom stereocenters. The summed E-state index contributed by atoms with van der Waals surface area (Å²) < 4.78 is 0. The highest BCUT2D eigenvalue weighted by Crippen LogP contribution is 2.42. The molecule has 1 aromatic carbocycles. The first-order valence-corrected chi connectivity index (χ1v) is 5.95. The van der Waals surface area contributed by atoms with Crippen LogP contribution in [0.15, 0.2) is 24.3 Å². The molecule has 17 heavy (non-hydrogen) atoms. The van der Waals surface area contributed by atoms with Gasteiger partial charge in [0.05, 0.1) is 0 Å². The fraction of sp³-hybridized carbons (Fsp3) is 0.400. The minimum absolute atomic E-state index is 0.138. The zero-order valence-electron chi connectivity index (χ0n) is 10.6. The van der Waals surface area contributed by atoms with Gasteiger partial charge in [0.1, 0.15) is 0 Å². The molecule has 2 nitrogen and oxygen atoms in total. The SMILES string of the molecule is Cc1ccc2c(c1)/C(=C/C(=O)O)CCC2(C)C. The molecule has 0 spiro atoms. The Bertz CT molecular complexity index is 496. The highest BCUT2D eigenvalue weighted by Gasteiger charge is 2.29. The van der Waals surface area contributed by atoms with Crippen LogP contribution in [0.3, 0.4) is 0 Å². The maximum Gasteiger partial charge on any atom is 0.328 e. The monoisotopic (exact) mass is 230 g/mol. The number of aryl methyl sites for hydroxylation is 1. The summed E-state index contributed by atoms with van der Waals surface area (Å²) in [7, 11) is 0. The number of carbonyl (C=O) groups is 1. The maximum absolute atomic E-state index is 10.8. The van der Waals surface area contributed by atoms with E-state index in [-0.39, 0.29) is 5.41 Å². The molecule has 0 saturated heterocycles. The van der Waals surface area contributed by atoms with Crippen LogP contribution in [0.2, 0.25) is 0 Å². The molecule has 1 aliphatic carbocycles. The Balaban J connectivity index is 2.61. The van der Waals surface area contributed by atoms with Crippen molar-refractivity contribution >= 4 is 11.5 Å². The fourth-order valence-corrected chi connectivity index (χ4v) is 2.53. The molecular formula is C15H18O2. The van der Waals surface area contributed by atoms with Gasteiger partial charge in [-0.3, -0.25) is 0 Å². The molecular weight excluding hydrogens is 212 g/mol. The quantitative estimate of drug-likeness (QED) is 0.749. The third-order valence-electron chi connectivity index (χ3n) is 3.57. The molecule has 2 heteroatoms. The van der Waals surface area contributed by atoms with Crippen molar-refractivity contribution in [3.8, 4) is 0 Å². The predicted molar refractivity (Wildman–Crippen MR) is 69.1 cm³/mol. The summed E-state index contributed by atoms with van der Waals surface area (Å²) in [5, 5.41) is 8.91. The number of carboxylic acids is 1. The largest absolute Gasteiger partial charge is 0.478 e. The average Bonchev–Trinajstić information content (AvgIpc) is 2.22. The summed E-state index contributed by atoms with van der Waals surface area (Å²) in [6, 6.07) is 6.34. The lowest BCUT2D eigenvalue weighted by Gasteiger charge is -2.34. The summed E-state index contributed by atoms with van der Waals surface area (Å²) >= 11 is 0. The first-order valence-electron chi connectivity index (χ1n) is 5.95. The van der Waals surface area contributed by atoms with Gasteiger partial charge in [0, 0.05) is 6.08 Å². The molecule has 0 aliphatic heterocycles. The summed E-state index contributed by atoms with van der Waals surface area (Å²) in [5.74, 6) is -0.854. The second-order valence-electron chi connectivity index (χ2n) is 5.44. The number of hydrogen-bond acceptors (Lipinski definition) is 1. The molecule has 0 fully saturated rings. The van der Waals surface area contributed by atoms with Crippen molar-refractivity contribution in [1.29, 1.82) is 0 Å². The van der Waals surface area contributed by atoms with Crippen molar-refractivity contribution in [1.82, 2.24) is 0 Å². The highest BCUT2D eigenvalue weighted by molar-refractivity contribution is 5.91. The van der Waals surface area contributed by atoms with Crippen LogP contribution in [0, 0.1) is 6.92 Å². The van der Waals surface area contributed by atoms with Gasteiger partial charge < -0.3 is 5.11 Å². The Morgan fingerprint density at radius 2 is 2.12 bits per heavy atom. The van der Waals surface area contributed by atoms with Gasteiger partial charge in [-0.25, -0.2) is 4.79 Å². The fourth-order valence-electron chi connectivity index (χ4n) is 2.53. The lowest BCUT2D eigenvalue weighted by atomic mass is 9.70. The van der Waals surface area contributed by atoms with Crippen molar-refractivity contribution in [2.75, 3.05) is 0 Å². The second-order valence-corrected chi connectivity index (χ2v) is 5.44. The van der Waals surface area contributed by atoms with Crippen LogP contribution in [0.5, 0.6) is 0 Å². The Kier molecular flexibility index (Phi) is 2.82. The normalized spacial score (nSPS) is 20.1. The van der Waals surface area contributed by atoms with Crippen LogP contribution in [0.25, 0.3) is 5.57 Å². The lowest BCUT2D eigenvalue weighted by molar-refractivity contribution is -0.131. The first-order chi connectivity index (χ1) is 7.90. The Morgan fingerprint density at radius 3 is 2.76 bits per heavy atom. The van der Waals surface area contributed by atoms with E-state index >= 15 is 0 Å². The molecule has 0 amide bonds. The zero-order valence-corrected chi connectivity index (χ0v) is 10.6. The number of rotatable bonds is 1. The third-order valence-corrected chi connectivity index (χ3v) is 3.57. The van der Waals surface area contributed by atoms with Gasteiger partial charge in [-0.05, 0) is 41.9 Å². The summed E-state index contributed by atoms with van der Waals surface area (Å²) in [4.78, 5) is 10.8. The van der Waals surface area contributed by atoms with E-state index in [1.54, 1.807) is 0 Å². The Morgan fingerprint density at radius 1 is 1.41 bits per heavy atom. The smallest absolute Gasteiger partial charge is 0.328 e. The van der Waals surface area contributed by atoms with Crippen LogP contribution in [-0.4, -0.2) is 11.1 Å². The molecule has 0 bridgehead atoms. The van der Waals surface area contributed by atoms with E-state index in [9.17, 15) is 4.79 Å². The molecule has 0 aromatic heterocycles. The number of allylic oxidation sites excluding steroid dienone is 1. The molecule has 2 rings (SSSR count). The lowest BCUT2D eigenvalue weighted by Crippen LogP contribution is -2.23. The number of fused-ring (bicyclic) bond motifs is 1. The van der Waals surface area contributed by atoms with E-state index < -0.39 is 5.97 Å². The van der Waals surface area contributed by atoms with Crippen LogP contribution < -0.4 is 0 Å². The van der Waals surface area contributed by atoms with Gasteiger partial charge in [-0.1, -0.05) is 37.6 Å². The third kappa shape index (κ3) is 2.26. The molecule has 0 radical (unpaired) electrons. The van der Waals surface area contributed by atoms with E-state index in [1.165, 1.54) is 17.2 Å². The molecule has 0 unspecified atom stereocenters. The van der Waals surface area contributed by atoms with E-state index in [2.05, 4.69) is 32.0 Å². The van der Waals surface area contributed by atoms with Gasteiger partial charge >= 0.3 is 5.97 Å². The van der Waals surface area contributed by atoms with E-state index in [4.69, 9.17) is 5.11 Å². The summed E-state index contributed by atoms with van der Waals surface area (Å²) in [6.07, 6.45) is 3.20. The molecule has 1 N–H and O–H groups in total. The predicted octanol–water partition coefficient (Wildman–Crippen LogP) is 3.53. The minimum atomic E-state index is -0.854.